The Hall–Kier alpha value is -0.130. The van der Waals surface area contributed by atoms with Gasteiger partial charge in [-0.2, -0.15) is 0 Å². The van der Waals surface area contributed by atoms with Crippen molar-refractivity contribution in [1.82, 2.24) is 0 Å². The molecule has 0 aliphatic carbocycles. The van der Waals surface area contributed by atoms with E-state index in [9.17, 15) is 13.5 Å². The zero-order valence-electron chi connectivity index (χ0n) is 8.93. The second-order valence-electron chi connectivity index (χ2n) is 4.76. The van der Waals surface area contributed by atoms with Gasteiger partial charge in [0.2, 0.25) is 0 Å². The van der Waals surface area contributed by atoms with Crippen LogP contribution in [0.1, 0.15) is 25.7 Å². The third kappa shape index (κ3) is 2.71. The highest BCUT2D eigenvalue weighted by Gasteiger charge is 2.43. The van der Waals surface area contributed by atoms with Crippen molar-refractivity contribution in [2.75, 3.05) is 12.0 Å². The summed E-state index contributed by atoms with van der Waals surface area (Å²) in [5.74, 6) is 0.229. The number of aliphatic hydroxyl groups excluding tert-OH is 1. The van der Waals surface area contributed by atoms with Gasteiger partial charge in [0.05, 0.1) is 24.1 Å². The molecule has 2 aliphatic rings. The van der Waals surface area contributed by atoms with Crippen LogP contribution in [0, 0.1) is 5.92 Å². The molecule has 0 amide bonds. The van der Waals surface area contributed by atoms with Gasteiger partial charge in [-0.05, 0) is 25.7 Å². The minimum atomic E-state index is -2.96. The quantitative estimate of drug-likeness (QED) is 0.762. The van der Waals surface area contributed by atoms with Crippen LogP contribution in [0.5, 0.6) is 0 Å². The lowest BCUT2D eigenvalue weighted by atomic mass is 9.84. The Morgan fingerprint density at radius 2 is 2.20 bits per heavy atom. The third-order valence-corrected chi connectivity index (χ3v) is 4.41. The maximum atomic E-state index is 11.0. The Balaban J connectivity index is 1.84. The number of rotatable bonds is 4. The molecule has 2 saturated heterocycles. The van der Waals surface area contributed by atoms with E-state index in [0.29, 0.717) is 12.5 Å². The average Bonchev–Trinajstić information content (AvgIpc) is 2.73. The Bertz CT molecular complexity index is 324. The van der Waals surface area contributed by atoms with Gasteiger partial charge in [-0.3, -0.25) is 0 Å². The van der Waals surface area contributed by atoms with Crippen LogP contribution in [0.15, 0.2) is 0 Å². The van der Waals surface area contributed by atoms with E-state index >= 15 is 0 Å². The maximum absolute atomic E-state index is 11.0. The van der Waals surface area contributed by atoms with E-state index in [2.05, 4.69) is 0 Å². The summed E-state index contributed by atoms with van der Waals surface area (Å²) >= 11 is 0. The molecule has 0 aromatic carbocycles. The zero-order chi connectivity index (χ0) is 11.1. The van der Waals surface area contributed by atoms with E-state index in [1.54, 1.807) is 0 Å². The second-order valence-corrected chi connectivity index (χ2v) is 7.02. The lowest BCUT2D eigenvalue weighted by Gasteiger charge is -2.23. The monoisotopic (exact) mass is 234 g/mol. The standard InChI is InChI=1S/C10H18O4S/c1-15(12,13)5-4-9(11)8-6-7-2-3-10(8)14-7/h7-11H,2-6H2,1H3. The highest BCUT2D eigenvalue weighted by molar-refractivity contribution is 7.90. The first kappa shape index (κ1) is 11.4. The molecule has 2 rings (SSSR count). The van der Waals surface area contributed by atoms with E-state index in [1.165, 1.54) is 6.26 Å². The molecular formula is C10H18O4S. The van der Waals surface area contributed by atoms with Crippen molar-refractivity contribution < 1.29 is 18.3 Å². The smallest absolute Gasteiger partial charge is 0.147 e. The van der Waals surface area contributed by atoms with Crippen LogP contribution >= 0.6 is 0 Å². The van der Waals surface area contributed by atoms with Crippen molar-refractivity contribution in [1.29, 1.82) is 0 Å². The van der Waals surface area contributed by atoms with Gasteiger partial charge in [-0.15, -0.1) is 0 Å². The number of ether oxygens (including phenoxy) is 1. The summed E-state index contributed by atoms with van der Waals surface area (Å²) in [7, 11) is -2.96. The molecule has 88 valence electrons. The van der Waals surface area contributed by atoms with Crippen LogP contribution < -0.4 is 0 Å². The van der Waals surface area contributed by atoms with Crippen LogP contribution in [0.25, 0.3) is 0 Å². The van der Waals surface area contributed by atoms with E-state index in [4.69, 9.17) is 4.74 Å². The predicted octanol–water partition coefficient (Wildman–Crippen LogP) is 0.349. The molecule has 2 heterocycles. The highest BCUT2D eigenvalue weighted by atomic mass is 32.2. The summed E-state index contributed by atoms with van der Waals surface area (Å²) in [6.07, 6.45) is 4.53. The number of hydrogen-bond donors (Lipinski definition) is 1. The van der Waals surface area contributed by atoms with Gasteiger partial charge in [0, 0.05) is 12.2 Å². The molecule has 2 bridgehead atoms. The number of fused-ring (bicyclic) bond motifs is 2. The zero-order valence-corrected chi connectivity index (χ0v) is 9.74. The fourth-order valence-corrected chi connectivity index (χ4v) is 3.30. The molecule has 1 N–H and O–H groups in total. The minimum absolute atomic E-state index is 0.0715. The van der Waals surface area contributed by atoms with E-state index in [0.717, 1.165) is 19.3 Å². The molecule has 2 fully saturated rings. The fourth-order valence-electron chi connectivity index (χ4n) is 2.63. The van der Waals surface area contributed by atoms with Crippen molar-refractivity contribution in [3.8, 4) is 0 Å². The lowest BCUT2D eigenvalue weighted by Crippen LogP contribution is -2.30. The predicted molar refractivity (Wildman–Crippen MR) is 56.3 cm³/mol. The van der Waals surface area contributed by atoms with Gasteiger partial charge in [0.25, 0.3) is 0 Å². The first-order valence-electron chi connectivity index (χ1n) is 5.47. The summed E-state index contributed by atoms with van der Waals surface area (Å²) in [4.78, 5) is 0. The van der Waals surface area contributed by atoms with Gasteiger partial charge < -0.3 is 9.84 Å². The molecule has 0 saturated carbocycles. The maximum Gasteiger partial charge on any atom is 0.147 e. The first-order valence-corrected chi connectivity index (χ1v) is 7.53. The molecule has 5 heteroatoms. The molecule has 0 aromatic heterocycles. The van der Waals surface area contributed by atoms with Gasteiger partial charge in [-0.25, -0.2) is 8.42 Å². The summed E-state index contributed by atoms with van der Waals surface area (Å²) in [6.45, 7) is 0. The Morgan fingerprint density at radius 1 is 1.47 bits per heavy atom. The van der Waals surface area contributed by atoms with Crippen LogP contribution in [0.4, 0.5) is 0 Å². The first-order chi connectivity index (χ1) is 6.96. The normalized spacial score (nSPS) is 37.1. The summed E-state index contributed by atoms with van der Waals surface area (Å²) in [5, 5.41) is 9.89. The largest absolute Gasteiger partial charge is 0.393 e. The molecule has 2 aliphatic heterocycles. The molecular weight excluding hydrogens is 216 g/mol. The highest BCUT2D eigenvalue weighted by Crippen LogP contribution is 2.40. The summed E-state index contributed by atoms with van der Waals surface area (Å²) in [6, 6.07) is 0. The lowest BCUT2D eigenvalue weighted by molar-refractivity contribution is 0.0416. The van der Waals surface area contributed by atoms with Crippen molar-refractivity contribution in [2.24, 2.45) is 5.92 Å². The van der Waals surface area contributed by atoms with Gasteiger partial charge in [-0.1, -0.05) is 0 Å². The Labute approximate surface area is 90.5 Å². The van der Waals surface area contributed by atoms with Crippen molar-refractivity contribution in [3.63, 3.8) is 0 Å². The van der Waals surface area contributed by atoms with Crippen LogP contribution in [-0.4, -0.2) is 43.8 Å². The Morgan fingerprint density at radius 3 is 2.67 bits per heavy atom. The van der Waals surface area contributed by atoms with E-state index in [1.807, 2.05) is 0 Å². The molecule has 4 atom stereocenters. The number of aliphatic hydroxyl groups is 1. The third-order valence-electron chi connectivity index (χ3n) is 3.43. The van der Waals surface area contributed by atoms with E-state index < -0.39 is 15.9 Å². The number of hydrogen-bond acceptors (Lipinski definition) is 4. The molecule has 0 spiro atoms. The molecule has 15 heavy (non-hydrogen) atoms. The summed E-state index contributed by atoms with van der Waals surface area (Å²) in [5.41, 5.74) is 0. The van der Waals surface area contributed by atoms with Gasteiger partial charge in [0.15, 0.2) is 0 Å². The number of sulfone groups is 1. The van der Waals surface area contributed by atoms with Crippen molar-refractivity contribution in [3.05, 3.63) is 0 Å². The van der Waals surface area contributed by atoms with Gasteiger partial charge in [0.1, 0.15) is 9.84 Å². The van der Waals surface area contributed by atoms with Crippen LogP contribution in [-0.2, 0) is 14.6 Å². The van der Waals surface area contributed by atoms with Crippen molar-refractivity contribution >= 4 is 9.84 Å². The SMILES string of the molecule is CS(=O)(=O)CCC(O)C1CC2CCC1O2. The Kier molecular flexibility index (Phi) is 3.05. The molecule has 4 nitrogen and oxygen atoms in total. The minimum Gasteiger partial charge on any atom is -0.393 e. The molecule has 4 unspecified atom stereocenters. The summed E-state index contributed by atoms with van der Waals surface area (Å²) < 4.78 is 27.6. The van der Waals surface area contributed by atoms with E-state index in [-0.39, 0.29) is 17.8 Å². The topological polar surface area (TPSA) is 63.6 Å². The fraction of sp³-hybridized carbons (Fsp3) is 1.00. The van der Waals surface area contributed by atoms with Crippen LogP contribution in [0.2, 0.25) is 0 Å². The second kappa shape index (κ2) is 4.03. The average molecular weight is 234 g/mol. The van der Waals surface area contributed by atoms with Crippen molar-refractivity contribution in [2.45, 2.75) is 44.0 Å². The molecule has 0 aromatic rings. The molecule has 0 radical (unpaired) electrons. The van der Waals surface area contributed by atoms with Crippen LogP contribution in [0.3, 0.4) is 0 Å². The van der Waals surface area contributed by atoms with Gasteiger partial charge >= 0.3 is 0 Å².